The number of aryl methyl sites for hydroxylation is 2. The van der Waals surface area contributed by atoms with Crippen LogP contribution < -0.4 is 13.4 Å². The van der Waals surface area contributed by atoms with Crippen molar-refractivity contribution in [3.8, 4) is 33.5 Å². The van der Waals surface area contributed by atoms with Crippen LogP contribution in [0.1, 0.15) is 5.56 Å². The van der Waals surface area contributed by atoms with Gasteiger partial charge in [-0.2, -0.15) is 0 Å². The zero-order valence-electron chi connectivity index (χ0n) is 21.1. The van der Waals surface area contributed by atoms with Crippen LogP contribution in [0.25, 0.3) is 55.4 Å². The predicted molar refractivity (Wildman–Crippen MR) is 153 cm³/mol. The second-order valence-corrected chi connectivity index (χ2v) is 19.6. The molecule has 6 aromatic rings. The van der Waals surface area contributed by atoms with E-state index in [0.717, 1.165) is 16.9 Å². The van der Waals surface area contributed by atoms with Crippen LogP contribution in [0, 0.1) is 6.92 Å². The first-order chi connectivity index (χ1) is 17.4. The first-order valence-electron chi connectivity index (χ1n) is 12.6. The molecular weight excluding hydrogens is 499 g/mol. The zero-order valence-corrected chi connectivity index (χ0v) is 23.2. The summed E-state index contributed by atoms with van der Waals surface area (Å²) >= 11 is -2.34. The molecule has 0 saturated carbocycles. The molecule has 2 aromatic heterocycles. The average molecular weight is 527 g/mol. The summed E-state index contributed by atoms with van der Waals surface area (Å²) in [4.78, 5) is 0. The van der Waals surface area contributed by atoms with Crippen LogP contribution in [0.4, 0.5) is 0 Å². The van der Waals surface area contributed by atoms with Crippen molar-refractivity contribution in [2.24, 2.45) is 7.05 Å². The standard InChI is InChI=1S/C33H28GeNO/c1-21-15-17-27-26-12-9-11-23(32(26)36-33(27)31(21)30-14-7-8-19-35(30)4)22-16-18-25-24-10-5-6-13-28(24)34(2,3)29(25)20-22/h5-20H,1-4H3/q+1. The molecule has 2 nitrogen and oxygen atoms in total. The summed E-state index contributed by atoms with van der Waals surface area (Å²) < 4.78 is 12.1. The molecule has 7 rings (SSSR count). The van der Waals surface area contributed by atoms with Crippen molar-refractivity contribution >= 4 is 44.0 Å². The van der Waals surface area contributed by atoms with E-state index in [9.17, 15) is 0 Å². The summed E-state index contributed by atoms with van der Waals surface area (Å²) in [5.41, 5.74) is 10.7. The fraction of sp³-hybridized carbons (Fsp3) is 0.121. The van der Waals surface area contributed by atoms with Crippen LogP contribution in [0.5, 0.6) is 0 Å². The van der Waals surface area contributed by atoms with Gasteiger partial charge in [0.05, 0.1) is 0 Å². The van der Waals surface area contributed by atoms with Gasteiger partial charge < -0.3 is 0 Å². The van der Waals surface area contributed by atoms with E-state index >= 15 is 0 Å². The van der Waals surface area contributed by atoms with Crippen molar-refractivity contribution in [2.75, 3.05) is 0 Å². The van der Waals surface area contributed by atoms with Crippen LogP contribution in [0.2, 0.25) is 11.5 Å². The molecule has 3 heteroatoms. The zero-order chi connectivity index (χ0) is 24.6. The van der Waals surface area contributed by atoms with E-state index < -0.39 is 13.3 Å². The van der Waals surface area contributed by atoms with Crippen LogP contribution >= 0.6 is 0 Å². The number of pyridine rings is 1. The number of nitrogens with zero attached hydrogens (tertiary/aromatic N) is 1. The molecule has 0 unspecified atom stereocenters. The van der Waals surface area contributed by atoms with Crippen LogP contribution in [-0.4, -0.2) is 13.3 Å². The normalized spacial score (nSPS) is 13.8. The van der Waals surface area contributed by atoms with Gasteiger partial charge in [-0.25, -0.2) is 0 Å². The first kappa shape index (κ1) is 21.6. The Morgan fingerprint density at radius 3 is 2.28 bits per heavy atom. The van der Waals surface area contributed by atoms with Gasteiger partial charge in [0.2, 0.25) is 0 Å². The van der Waals surface area contributed by atoms with Crippen molar-refractivity contribution < 1.29 is 8.98 Å². The second kappa shape index (κ2) is 7.68. The maximum atomic E-state index is 6.79. The molecule has 1 aliphatic rings. The Morgan fingerprint density at radius 2 is 1.42 bits per heavy atom. The number of furan rings is 1. The number of hydrogen-bond donors (Lipinski definition) is 0. The van der Waals surface area contributed by atoms with E-state index in [0.29, 0.717) is 0 Å². The molecule has 0 N–H and O–H groups in total. The predicted octanol–water partition coefficient (Wildman–Crippen LogP) is 6.86. The minimum atomic E-state index is -2.34. The Morgan fingerprint density at radius 1 is 0.667 bits per heavy atom. The fourth-order valence-corrected chi connectivity index (χ4v) is 12.7. The SMILES string of the molecule is Cc1ccc2c(oc3c(-c4ccc5[c](c4)[Ge]([CH3])([CH3])[c]4ccccc4-5)cccc32)c1-c1cccc[n+]1C. The maximum absolute atomic E-state index is 6.79. The Kier molecular flexibility index (Phi) is 4.62. The number of benzene rings is 4. The molecule has 0 amide bonds. The summed E-state index contributed by atoms with van der Waals surface area (Å²) in [6, 6.07) is 33.4. The van der Waals surface area contributed by atoms with Gasteiger partial charge in [0.15, 0.2) is 0 Å². The molecule has 174 valence electrons. The van der Waals surface area contributed by atoms with E-state index in [4.69, 9.17) is 4.42 Å². The van der Waals surface area contributed by atoms with Gasteiger partial charge in [-0.05, 0) is 0 Å². The first-order valence-corrected chi connectivity index (χ1v) is 18.9. The van der Waals surface area contributed by atoms with Crippen LogP contribution in [0.15, 0.2) is 102 Å². The van der Waals surface area contributed by atoms with Gasteiger partial charge in [0.25, 0.3) is 0 Å². The Bertz CT molecular complexity index is 1840. The molecule has 0 aliphatic carbocycles. The van der Waals surface area contributed by atoms with Crippen molar-refractivity contribution in [3.05, 3.63) is 103 Å². The molecule has 4 aromatic carbocycles. The monoisotopic (exact) mass is 528 g/mol. The van der Waals surface area contributed by atoms with Gasteiger partial charge in [-0.3, -0.25) is 0 Å². The summed E-state index contributed by atoms with van der Waals surface area (Å²) in [5.74, 6) is 5.04. The van der Waals surface area contributed by atoms with Gasteiger partial charge in [-0.1, -0.05) is 0 Å². The molecule has 0 saturated heterocycles. The molecule has 0 bridgehead atoms. The number of fused-ring (bicyclic) bond motifs is 6. The van der Waals surface area contributed by atoms with E-state index in [1.807, 2.05) is 0 Å². The van der Waals surface area contributed by atoms with E-state index in [2.05, 4.69) is 127 Å². The van der Waals surface area contributed by atoms with Crippen molar-refractivity contribution in [1.82, 2.24) is 0 Å². The summed E-state index contributed by atoms with van der Waals surface area (Å²) in [7, 11) is 2.09. The average Bonchev–Trinajstić information content (AvgIpc) is 3.37. The summed E-state index contributed by atoms with van der Waals surface area (Å²) in [5, 5.41) is 2.34. The third-order valence-corrected chi connectivity index (χ3v) is 15.5. The van der Waals surface area contributed by atoms with Crippen molar-refractivity contribution in [3.63, 3.8) is 0 Å². The van der Waals surface area contributed by atoms with Gasteiger partial charge >= 0.3 is 215 Å². The van der Waals surface area contributed by atoms with Crippen LogP contribution in [-0.2, 0) is 7.05 Å². The topological polar surface area (TPSA) is 17.0 Å². The minimum absolute atomic E-state index is 0.964. The van der Waals surface area contributed by atoms with Gasteiger partial charge in [0, 0.05) is 0 Å². The molecule has 36 heavy (non-hydrogen) atoms. The molecule has 0 radical (unpaired) electrons. The Hall–Kier alpha value is -3.63. The Balaban J connectivity index is 1.48. The van der Waals surface area contributed by atoms with Crippen LogP contribution in [0.3, 0.4) is 0 Å². The van der Waals surface area contributed by atoms with Crippen molar-refractivity contribution in [1.29, 1.82) is 0 Å². The number of rotatable bonds is 2. The molecule has 1 aliphatic heterocycles. The molecule has 0 atom stereocenters. The van der Waals surface area contributed by atoms with Crippen molar-refractivity contribution in [2.45, 2.75) is 18.4 Å². The summed E-state index contributed by atoms with van der Waals surface area (Å²) in [6.45, 7) is 2.17. The Labute approximate surface area is 214 Å². The van der Waals surface area contributed by atoms with E-state index in [-0.39, 0.29) is 0 Å². The molecule has 3 heterocycles. The molecule has 0 spiro atoms. The third kappa shape index (κ3) is 2.94. The third-order valence-electron chi connectivity index (χ3n) is 8.08. The van der Waals surface area contributed by atoms with Gasteiger partial charge in [-0.15, -0.1) is 0 Å². The number of para-hydroxylation sites is 1. The quantitative estimate of drug-likeness (QED) is 0.178. The van der Waals surface area contributed by atoms with E-state index in [1.54, 1.807) is 8.79 Å². The second-order valence-electron chi connectivity index (χ2n) is 10.5. The summed E-state index contributed by atoms with van der Waals surface area (Å²) in [6.07, 6.45) is 2.09. The van der Waals surface area contributed by atoms with E-state index in [1.165, 1.54) is 44.2 Å². The number of aromatic nitrogens is 1. The molecule has 0 fully saturated rings. The molecular formula is C33H28GeNO+. The van der Waals surface area contributed by atoms with Gasteiger partial charge in [0.1, 0.15) is 0 Å². The fourth-order valence-electron chi connectivity index (χ4n) is 6.16. The number of hydrogen-bond acceptors (Lipinski definition) is 1.